The molecule has 0 spiro atoms. The third-order valence-corrected chi connectivity index (χ3v) is 5.46. The number of rotatable bonds is 2. The van der Waals surface area contributed by atoms with E-state index in [0.29, 0.717) is 11.8 Å². The lowest BCUT2D eigenvalue weighted by molar-refractivity contribution is -0.136. The van der Waals surface area contributed by atoms with Crippen LogP contribution in [0.25, 0.3) is 0 Å². The normalized spacial score (nSPS) is 36.6. The van der Waals surface area contributed by atoms with Crippen molar-refractivity contribution in [2.24, 2.45) is 5.92 Å². The Labute approximate surface area is 121 Å². The van der Waals surface area contributed by atoms with Crippen LogP contribution in [0.3, 0.4) is 0 Å². The highest BCUT2D eigenvalue weighted by atomic mass is 16.2. The van der Waals surface area contributed by atoms with Crippen LogP contribution in [0.5, 0.6) is 0 Å². The number of likely N-dealkylation sites (tertiary alicyclic amines) is 2. The van der Waals surface area contributed by atoms with E-state index in [0.717, 1.165) is 45.2 Å². The molecule has 0 radical (unpaired) electrons. The van der Waals surface area contributed by atoms with Gasteiger partial charge >= 0.3 is 0 Å². The minimum Gasteiger partial charge on any atom is -0.344 e. The zero-order valence-corrected chi connectivity index (χ0v) is 12.5. The van der Waals surface area contributed by atoms with Gasteiger partial charge in [0.15, 0.2) is 0 Å². The SMILES string of the molecule is CN1CCC(N2CCCCC2C2CCCCC2=O)C1=O. The number of hydrogen-bond donors (Lipinski definition) is 0. The van der Waals surface area contributed by atoms with Crippen molar-refractivity contribution in [2.45, 2.75) is 63.5 Å². The smallest absolute Gasteiger partial charge is 0.239 e. The van der Waals surface area contributed by atoms with Gasteiger partial charge in [0.05, 0.1) is 6.04 Å². The molecular formula is C16H26N2O2. The zero-order chi connectivity index (χ0) is 14.1. The van der Waals surface area contributed by atoms with E-state index < -0.39 is 0 Å². The lowest BCUT2D eigenvalue weighted by atomic mass is 9.78. The summed E-state index contributed by atoms with van der Waals surface area (Å²) in [6.07, 6.45) is 8.46. The molecular weight excluding hydrogens is 252 g/mol. The summed E-state index contributed by atoms with van der Waals surface area (Å²) in [5.41, 5.74) is 0. The fourth-order valence-corrected chi connectivity index (χ4v) is 4.33. The third kappa shape index (κ3) is 2.50. The first-order valence-electron chi connectivity index (χ1n) is 8.22. The molecule has 3 unspecified atom stereocenters. The molecule has 2 saturated heterocycles. The van der Waals surface area contributed by atoms with Gasteiger partial charge in [0, 0.05) is 32.0 Å². The van der Waals surface area contributed by atoms with E-state index in [9.17, 15) is 9.59 Å². The molecule has 20 heavy (non-hydrogen) atoms. The minimum absolute atomic E-state index is 0.0417. The van der Waals surface area contributed by atoms with Crippen molar-refractivity contribution in [3.8, 4) is 0 Å². The predicted octanol–water partition coefficient (Wildman–Crippen LogP) is 1.83. The average Bonchev–Trinajstić information content (AvgIpc) is 2.80. The molecule has 0 N–H and O–H groups in total. The Morgan fingerprint density at radius 2 is 1.75 bits per heavy atom. The van der Waals surface area contributed by atoms with Crippen LogP contribution < -0.4 is 0 Å². The van der Waals surface area contributed by atoms with Crippen LogP contribution in [-0.4, -0.2) is 53.7 Å². The van der Waals surface area contributed by atoms with Gasteiger partial charge in [0.1, 0.15) is 5.78 Å². The minimum atomic E-state index is 0.0417. The molecule has 0 aromatic carbocycles. The molecule has 3 aliphatic rings. The molecule has 0 aromatic heterocycles. The monoisotopic (exact) mass is 278 g/mol. The van der Waals surface area contributed by atoms with Gasteiger partial charge in [-0.25, -0.2) is 0 Å². The quantitative estimate of drug-likeness (QED) is 0.774. The van der Waals surface area contributed by atoms with Gasteiger partial charge in [-0.15, -0.1) is 0 Å². The number of carbonyl (C=O) groups excluding carboxylic acids is 2. The van der Waals surface area contributed by atoms with Crippen LogP contribution in [0.1, 0.15) is 51.4 Å². The first kappa shape index (κ1) is 14.1. The number of likely N-dealkylation sites (N-methyl/N-ethyl adjacent to an activating group) is 1. The molecule has 0 aromatic rings. The van der Waals surface area contributed by atoms with Crippen molar-refractivity contribution >= 4 is 11.7 Å². The van der Waals surface area contributed by atoms with Crippen molar-refractivity contribution in [1.82, 2.24) is 9.80 Å². The van der Waals surface area contributed by atoms with Gasteiger partial charge in [-0.3, -0.25) is 14.5 Å². The molecule has 1 amide bonds. The van der Waals surface area contributed by atoms with Crippen molar-refractivity contribution in [1.29, 1.82) is 0 Å². The Morgan fingerprint density at radius 1 is 0.950 bits per heavy atom. The van der Waals surface area contributed by atoms with Crippen LogP contribution >= 0.6 is 0 Å². The van der Waals surface area contributed by atoms with E-state index in [-0.39, 0.29) is 17.9 Å². The van der Waals surface area contributed by atoms with Crippen LogP contribution in [0, 0.1) is 5.92 Å². The van der Waals surface area contributed by atoms with Gasteiger partial charge in [-0.1, -0.05) is 12.8 Å². The Kier molecular flexibility index (Phi) is 4.11. The number of amides is 1. The number of Topliss-reactive ketones (excluding diaryl/α,β-unsaturated/α-hetero) is 1. The number of carbonyl (C=O) groups is 2. The average molecular weight is 278 g/mol. The number of nitrogens with zero attached hydrogens (tertiary/aromatic N) is 2. The summed E-state index contributed by atoms with van der Waals surface area (Å²) in [7, 11) is 1.90. The van der Waals surface area contributed by atoms with Crippen LogP contribution in [0.2, 0.25) is 0 Å². The molecule has 1 aliphatic carbocycles. The van der Waals surface area contributed by atoms with E-state index >= 15 is 0 Å². The maximum atomic E-state index is 12.3. The summed E-state index contributed by atoms with van der Waals surface area (Å²) in [6.45, 7) is 1.87. The molecule has 3 rings (SSSR count). The third-order valence-electron chi connectivity index (χ3n) is 5.46. The van der Waals surface area contributed by atoms with Crippen molar-refractivity contribution < 1.29 is 9.59 Å². The number of ketones is 1. The summed E-state index contributed by atoms with van der Waals surface area (Å²) in [5.74, 6) is 0.912. The largest absolute Gasteiger partial charge is 0.344 e. The first-order valence-corrected chi connectivity index (χ1v) is 8.22. The van der Waals surface area contributed by atoms with Crippen molar-refractivity contribution in [2.75, 3.05) is 20.1 Å². The number of hydrogen-bond acceptors (Lipinski definition) is 3. The van der Waals surface area contributed by atoms with Gasteiger partial charge in [0.2, 0.25) is 5.91 Å². The zero-order valence-electron chi connectivity index (χ0n) is 12.5. The summed E-state index contributed by atoms with van der Waals surface area (Å²) < 4.78 is 0. The highest BCUT2D eigenvalue weighted by molar-refractivity contribution is 5.84. The van der Waals surface area contributed by atoms with Gasteiger partial charge in [-0.05, 0) is 38.6 Å². The second-order valence-electron chi connectivity index (χ2n) is 6.68. The van der Waals surface area contributed by atoms with Crippen LogP contribution in [0.15, 0.2) is 0 Å². The standard InChI is InChI=1S/C16H26N2O2/c1-17-11-9-14(16(17)20)18-10-5-4-7-13(18)12-6-2-3-8-15(12)19/h12-14H,2-11H2,1H3. The highest BCUT2D eigenvalue weighted by Gasteiger charge is 2.42. The van der Waals surface area contributed by atoms with Crippen molar-refractivity contribution in [3.63, 3.8) is 0 Å². The second kappa shape index (κ2) is 5.84. The van der Waals surface area contributed by atoms with Gasteiger partial charge in [0.25, 0.3) is 0 Å². The van der Waals surface area contributed by atoms with Crippen molar-refractivity contribution in [3.05, 3.63) is 0 Å². The molecule has 112 valence electrons. The van der Waals surface area contributed by atoms with E-state index in [1.807, 2.05) is 11.9 Å². The molecule has 4 nitrogen and oxygen atoms in total. The summed E-state index contributed by atoms with van der Waals surface area (Å²) in [5, 5.41) is 0. The fourth-order valence-electron chi connectivity index (χ4n) is 4.33. The lowest BCUT2D eigenvalue weighted by Crippen LogP contribution is -2.54. The van der Waals surface area contributed by atoms with Crippen LogP contribution in [-0.2, 0) is 9.59 Å². The predicted molar refractivity (Wildman–Crippen MR) is 77.4 cm³/mol. The molecule has 2 aliphatic heterocycles. The molecule has 3 atom stereocenters. The maximum Gasteiger partial charge on any atom is 0.239 e. The molecule has 4 heteroatoms. The summed E-state index contributed by atoms with van der Waals surface area (Å²) in [6, 6.07) is 0.372. The molecule has 3 fully saturated rings. The molecule has 2 heterocycles. The van der Waals surface area contributed by atoms with E-state index in [2.05, 4.69) is 4.90 Å². The fraction of sp³-hybridized carbons (Fsp3) is 0.875. The van der Waals surface area contributed by atoms with E-state index in [1.165, 1.54) is 19.3 Å². The molecule has 1 saturated carbocycles. The highest BCUT2D eigenvalue weighted by Crippen LogP contribution is 2.34. The first-order chi connectivity index (χ1) is 9.68. The van der Waals surface area contributed by atoms with Gasteiger partial charge < -0.3 is 4.90 Å². The van der Waals surface area contributed by atoms with Gasteiger partial charge in [-0.2, -0.15) is 0 Å². The Morgan fingerprint density at radius 3 is 2.45 bits per heavy atom. The van der Waals surface area contributed by atoms with Crippen LogP contribution in [0.4, 0.5) is 0 Å². The summed E-state index contributed by atoms with van der Waals surface area (Å²) in [4.78, 5) is 28.8. The number of piperidine rings is 1. The molecule has 0 bridgehead atoms. The maximum absolute atomic E-state index is 12.3. The van der Waals surface area contributed by atoms with E-state index in [1.54, 1.807) is 0 Å². The Bertz CT molecular complexity index is 384. The summed E-state index contributed by atoms with van der Waals surface area (Å²) >= 11 is 0. The second-order valence-corrected chi connectivity index (χ2v) is 6.68. The van der Waals surface area contributed by atoms with E-state index in [4.69, 9.17) is 0 Å². The Balaban J connectivity index is 1.77. The lowest BCUT2D eigenvalue weighted by Gasteiger charge is -2.43. The topological polar surface area (TPSA) is 40.6 Å². The Hall–Kier alpha value is -0.900.